The molecule has 0 unspecified atom stereocenters. The lowest BCUT2D eigenvalue weighted by atomic mass is 9.92. The maximum atomic E-state index is 13.2. The molecule has 37 heavy (non-hydrogen) atoms. The average molecular weight is 512 g/mol. The van der Waals surface area contributed by atoms with Crippen molar-refractivity contribution in [3.05, 3.63) is 76.0 Å². The third-order valence-electron chi connectivity index (χ3n) is 7.37. The van der Waals surface area contributed by atoms with E-state index in [9.17, 15) is 23.5 Å². The number of carbonyl (C=O) groups is 1. The molecule has 0 bridgehead atoms. The Morgan fingerprint density at radius 1 is 1.11 bits per heavy atom. The van der Waals surface area contributed by atoms with E-state index >= 15 is 0 Å². The van der Waals surface area contributed by atoms with Crippen LogP contribution in [0.25, 0.3) is 5.52 Å². The fraction of sp³-hybridized carbons (Fsp3) is 0.444. The van der Waals surface area contributed by atoms with Crippen LogP contribution in [-0.2, 0) is 6.54 Å². The number of nitrogens with zero attached hydrogens (tertiary/aromatic N) is 4. The number of hydrogen-bond donors (Lipinski definition) is 2. The topological polar surface area (TPSA) is 90.2 Å². The molecule has 0 spiro atoms. The first-order valence-electron chi connectivity index (χ1n) is 12.7. The molecular formula is C27H31F2N5O3. The Bertz CT molecular complexity index is 1310. The van der Waals surface area contributed by atoms with E-state index in [1.807, 2.05) is 12.1 Å². The second kappa shape index (κ2) is 10.9. The van der Waals surface area contributed by atoms with Crippen LogP contribution in [0.1, 0.15) is 53.7 Å². The Morgan fingerprint density at radius 2 is 1.89 bits per heavy atom. The van der Waals surface area contributed by atoms with Crippen LogP contribution < -0.4 is 15.8 Å². The minimum Gasteiger partial charge on any atom is -0.391 e. The zero-order chi connectivity index (χ0) is 25.9. The Kier molecular flexibility index (Phi) is 7.48. The van der Waals surface area contributed by atoms with Crippen LogP contribution in [0.5, 0.6) is 0 Å². The standard InChI is InChI=1S/C27H31F2N5O3/c28-25(29)22-9-8-19(16-30-22)33-13-11-32(12-14-33)17-18-15-20(27(37)34-10-4-3-6-23(18)34)26(36)31-21-5-1-2-7-24(21)35/h3-4,6,8-10,15-16,21,24-25,35H,1-2,5,7,11-14,17H2,(H,31,36)/t21-,24-/m0/s1. The van der Waals surface area contributed by atoms with E-state index in [-0.39, 0.29) is 22.9 Å². The van der Waals surface area contributed by atoms with Crippen molar-refractivity contribution in [2.45, 2.75) is 50.8 Å². The van der Waals surface area contributed by atoms with E-state index in [0.29, 0.717) is 32.5 Å². The van der Waals surface area contributed by atoms with Gasteiger partial charge in [0.15, 0.2) is 0 Å². The number of aliphatic hydroxyl groups is 1. The van der Waals surface area contributed by atoms with Gasteiger partial charge in [0.05, 0.1) is 29.5 Å². The molecule has 2 fully saturated rings. The molecule has 1 saturated heterocycles. The van der Waals surface area contributed by atoms with E-state index < -0.39 is 18.4 Å². The first-order chi connectivity index (χ1) is 17.9. The molecule has 1 aliphatic heterocycles. The molecule has 5 rings (SSSR count). The van der Waals surface area contributed by atoms with Gasteiger partial charge in [-0.3, -0.25) is 23.9 Å². The van der Waals surface area contributed by atoms with Crippen LogP contribution in [0.4, 0.5) is 14.5 Å². The highest BCUT2D eigenvalue weighted by Crippen LogP contribution is 2.22. The summed E-state index contributed by atoms with van der Waals surface area (Å²) in [7, 11) is 0. The van der Waals surface area contributed by atoms with Crippen molar-refractivity contribution < 1.29 is 18.7 Å². The summed E-state index contributed by atoms with van der Waals surface area (Å²) in [6.45, 7) is 3.41. The molecule has 4 heterocycles. The smallest absolute Gasteiger partial charge is 0.280 e. The number of piperazine rings is 1. The van der Waals surface area contributed by atoms with Crippen molar-refractivity contribution in [2.24, 2.45) is 0 Å². The molecule has 2 N–H and O–H groups in total. The fourth-order valence-corrected chi connectivity index (χ4v) is 5.26. The maximum absolute atomic E-state index is 13.2. The van der Waals surface area contributed by atoms with Crippen molar-refractivity contribution in [1.29, 1.82) is 0 Å². The first-order valence-corrected chi connectivity index (χ1v) is 12.7. The monoisotopic (exact) mass is 511 g/mol. The fourth-order valence-electron chi connectivity index (χ4n) is 5.26. The van der Waals surface area contributed by atoms with E-state index in [0.717, 1.165) is 42.7 Å². The Morgan fingerprint density at radius 3 is 2.59 bits per heavy atom. The lowest BCUT2D eigenvalue weighted by Gasteiger charge is -2.36. The van der Waals surface area contributed by atoms with Gasteiger partial charge < -0.3 is 15.3 Å². The van der Waals surface area contributed by atoms with Crippen LogP contribution in [-0.4, -0.2) is 63.6 Å². The molecule has 0 aromatic carbocycles. The number of alkyl halides is 2. The molecule has 2 aliphatic rings. The van der Waals surface area contributed by atoms with Gasteiger partial charge in [-0.15, -0.1) is 0 Å². The second-order valence-electron chi connectivity index (χ2n) is 9.78. The molecule has 0 radical (unpaired) electrons. The molecule has 8 nitrogen and oxygen atoms in total. The molecule has 1 amide bonds. The lowest BCUT2D eigenvalue weighted by Crippen LogP contribution is -2.47. The predicted octanol–water partition coefficient (Wildman–Crippen LogP) is 2.99. The van der Waals surface area contributed by atoms with Gasteiger partial charge in [0.2, 0.25) is 0 Å². The van der Waals surface area contributed by atoms with Crippen molar-refractivity contribution in [3.63, 3.8) is 0 Å². The van der Waals surface area contributed by atoms with E-state index in [2.05, 4.69) is 20.1 Å². The number of fused-ring (bicyclic) bond motifs is 1. The quantitative estimate of drug-likeness (QED) is 0.529. The molecule has 196 valence electrons. The average Bonchev–Trinajstić information content (AvgIpc) is 2.92. The largest absolute Gasteiger partial charge is 0.391 e. The number of rotatable bonds is 6. The van der Waals surface area contributed by atoms with Gasteiger partial charge in [-0.05, 0) is 48.7 Å². The molecule has 1 saturated carbocycles. The van der Waals surface area contributed by atoms with Crippen molar-refractivity contribution in [3.8, 4) is 0 Å². The molecule has 2 atom stereocenters. The minimum atomic E-state index is -2.58. The predicted molar refractivity (Wildman–Crippen MR) is 136 cm³/mol. The zero-order valence-electron chi connectivity index (χ0n) is 20.5. The number of anilines is 1. The molecular weight excluding hydrogens is 480 g/mol. The number of amides is 1. The Labute approximate surface area is 213 Å². The number of pyridine rings is 3. The zero-order valence-corrected chi connectivity index (χ0v) is 20.5. The highest BCUT2D eigenvalue weighted by atomic mass is 19.3. The summed E-state index contributed by atoms with van der Waals surface area (Å²) in [4.78, 5) is 34.5. The van der Waals surface area contributed by atoms with E-state index in [1.165, 1.54) is 16.7 Å². The van der Waals surface area contributed by atoms with Crippen LogP contribution in [0, 0.1) is 0 Å². The number of hydrogen-bond acceptors (Lipinski definition) is 6. The summed E-state index contributed by atoms with van der Waals surface area (Å²) >= 11 is 0. The summed E-state index contributed by atoms with van der Waals surface area (Å²) in [5.74, 6) is -0.458. The second-order valence-corrected chi connectivity index (χ2v) is 9.78. The Balaban J connectivity index is 1.32. The number of halogens is 2. The van der Waals surface area contributed by atoms with Gasteiger partial charge in [-0.25, -0.2) is 8.78 Å². The highest BCUT2D eigenvalue weighted by molar-refractivity contribution is 5.94. The van der Waals surface area contributed by atoms with Crippen molar-refractivity contribution in [1.82, 2.24) is 19.6 Å². The van der Waals surface area contributed by atoms with Gasteiger partial charge in [0.25, 0.3) is 17.9 Å². The van der Waals surface area contributed by atoms with Gasteiger partial charge >= 0.3 is 0 Å². The molecule has 3 aromatic heterocycles. The Hall–Kier alpha value is -3.37. The molecule has 10 heteroatoms. The molecule has 1 aliphatic carbocycles. The van der Waals surface area contributed by atoms with Gasteiger partial charge in [-0.1, -0.05) is 18.9 Å². The van der Waals surface area contributed by atoms with Crippen LogP contribution in [0.3, 0.4) is 0 Å². The van der Waals surface area contributed by atoms with Crippen LogP contribution >= 0.6 is 0 Å². The van der Waals surface area contributed by atoms with Crippen molar-refractivity contribution in [2.75, 3.05) is 31.1 Å². The number of nitrogens with one attached hydrogen (secondary N) is 1. The summed E-state index contributed by atoms with van der Waals surface area (Å²) < 4.78 is 27.1. The van der Waals surface area contributed by atoms with Crippen molar-refractivity contribution >= 4 is 17.1 Å². The summed E-state index contributed by atoms with van der Waals surface area (Å²) in [5.41, 5.74) is 1.88. The maximum Gasteiger partial charge on any atom is 0.280 e. The van der Waals surface area contributed by atoms with Crippen LogP contribution in [0.15, 0.2) is 53.6 Å². The van der Waals surface area contributed by atoms with Gasteiger partial charge in [-0.2, -0.15) is 0 Å². The normalized spacial score (nSPS) is 20.9. The number of aliphatic hydroxyl groups excluding tert-OH is 1. The first kappa shape index (κ1) is 25.3. The summed E-state index contributed by atoms with van der Waals surface area (Å²) in [6.07, 6.45) is 3.18. The molecule has 3 aromatic rings. The van der Waals surface area contributed by atoms with Gasteiger partial charge in [0.1, 0.15) is 11.3 Å². The minimum absolute atomic E-state index is 0.0697. The lowest BCUT2D eigenvalue weighted by molar-refractivity contribution is 0.0716. The SMILES string of the molecule is O=C(N[C@H]1CCCC[C@@H]1O)c1cc(CN2CCN(c3ccc(C(F)F)nc3)CC2)c2ccccn2c1=O. The third-order valence-corrected chi connectivity index (χ3v) is 7.37. The number of carbonyl (C=O) groups excluding carboxylic acids is 1. The summed E-state index contributed by atoms with van der Waals surface area (Å²) in [5, 5.41) is 13.2. The highest BCUT2D eigenvalue weighted by Gasteiger charge is 2.27. The third kappa shape index (κ3) is 5.50. The van der Waals surface area contributed by atoms with Crippen LogP contribution in [0.2, 0.25) is 0 Å². The van der Waals surface area contributed by atoms with Gasteiger partial charge in [0, 0.05) is 38.9 Å². The summed E-state index contributed by atoms with van der Waals surface area (Å²) in [6, 6.07) is 9.87. The number of aromatic nitrogens is 2. The van der Waals surface area contributed by atoms with E-state index in [1.54, 1.807) is 24.4 Å². The van der Waals surface area contributed by atoms with E-state index in [4.69, 9.17) is 0 Å².